The van der Waals surface area contributed by atoms with Gasteiger partial charge in [-0.25, -0.2) is 9.78 Å². The third-order valence-corrected chi connectivity index (χ3v) is 4.53. The summed E-state index contributed by atoms with van der Waals surface area (Å²) in [5.41, 5.74) is 0.479. The minimum Gasteiger partial charge on any atom is -0.457 e. The molecule has 0 aliphatic heterocycles. The number of benzene rings is 1. The third kappa shape index (κ3) is 2.85. The van der Waals surface area contributed by atoms with Crippen LogP contribution in [0.2, 0.25) is 0 Å². The number of ether oxygens (including phenoxy) is 1. The molecule has 0 saturated carbocycles. The Hall–Kier alpha value is -2.26. The van der Waals surface area contributed by atoms with Crippen LogP contribution in [-0.4, -0.2) is 20.3 Å². The number of nitrogens with zero attached hydrogens (tertiary/aromatic N) is 3. The first-order chi connectivity index (χ1) is 10.5. The highest BCUT2D eigenvalue weighted by atomic mass is 79.9. The van der Waals surface area contributed by atoms with Gasteiger partial charge in [-0.15, -0.1) is 0 Å². The highest BCUT2D eigenvalue weighted by molar-refractivity contribution is 9.10. The molecule has 9 heteroatoms. The number of hydrogen-bond acceptors (Lipinski definition) is 6. The Morgan fingerprint density at radius 3 is 3.05 bits per heavy atom. The predicted molar refractivity (Wildman–Crippen MR) is 83.0 cm³/mol. The summed E-state index contributed by atoms with van der Waals surface area (Å²) in [6.07, 6.45) is 5.02. The standard InChI is InChI=1S/C13H8BrN3O4S/c14-9-2-1-8(5-10(9)17(19)20)7-21-12(18)11-6-16-4-3-15-13(16)22-11/h1-6H,7H2. The molecular formula is C13H8BrN3O4S. The Morgan fingerprint density at radius 2 is 2.32 bits per heavy atom. The quantitative estimate of drug-likeness (QED) is 0.392. The summed E-state index contributed by atoms with van der Waals surface area (Å²) < 4.78 is 7.29. The second kappa shape index (κ2) is 5.85. The van der Waals surface area contributed by atoms with E-state index >= 15 is 0 Å². The summed E-state index contributed by atoms with van der Waals surface area (Å²) in [5.74, 6) is -0.485. The monoisotopic (exact) mass is 381 g/mol. The molecule has 0 atom stereocenters. The molecule has 0 fully saturated rings. The van der Waals surface area contributed by atoms with Gasteiger partial charge in [-0.2, -0.15) is 0 Å². The molecule has 0 aliphatic carbocycles. The van der Waals surface area contributed by atoms with Gasteiger partial charge in [-0.1, -0.05) is 17.4 Å². The number of thiazole rings is 1. The van der Waals surface area contributed by atoms with E-state index in [4.69, 9.17) is 4.74 Å². The second-order valence-corrected chi connectivity index (χ2v) is 6.19. The lowest BCUT2D eigenvalue weighted by Gasteiger charge is -2.04. The number of halogens is 1. The molecule has 3 aromatic rings. The fraction of sp³-hybridized carbons (Fsp3) is 0.0769. The predicted octanol–water partition coefficient (Wildman–Crippen LogP) is 3.42. The zero-order valence-corrected chi connectivity index (χ0v) is 13.3. The molecule has 0 unspecified atom stereocenters. The van der Waals surface area contributed by atoms with Crippen molar-refractivity contribution < 1.29 is 14.5 Å². The molecule has 0 bridgehead atoms. The summed E-state index contributed by atoms with van der Waals surface area (Å²) >= 11 is 4.32. The van der Waals surface area contributed by atoms with Crippen molar-refractivity contribution in [3.63, 3.8) is 0 Å². The van der Waals surface area contributed by atoms with Crippen LogP contribution in [0.4, 0.5) is 5.69 Å². The molecular weight excluding hydrogens is 374 g/mol. The average Bonchev–Trinajstić information content (AvgIpc) is 3.07. The fourth-order valence-electron chi connectivity index (χ4n) is 1.83. The number of imidazole rings is 1. The van der Waals surface area contributed by atoms with Crippen molar-refractivity contribution in [2.75, 3.05) is 0 Å². The molecule has 1 aromatic carbocycles. The Morgan fingerprint density at radius 1 is 1.50 bits per heavy atom. The maximum atomic E-state index is 12.0. The van der Waals surface area contributed by atoms with E-state index in [1.165, 1.54) is 17.4 Å². The first-order valence-corrected chi connectivity index (χ1v) is 7.68. The van der Waals surface area contributed by atoms with Gasteiger partial charge in [0.15, 0.2) is 4.96 Å². The van der Waals surface area contributed by atoms with Crippen LogP contribution in [0.25, 0.3) is 4.96 Å². The van der Waals surface area contributed by atoms with Gasteiger partial charge in [0.2, 0.25) is 0 Å². The first kappa shape index (κ1) is 14.7. The third-order valence-electron chi connectivity index (χ3n) is 2.87. The first-order valence-electron chi connectivity index (χ1n) is 6.07. The summed E-state index contributed by atoms with van der Waals surface area (Å²) in [7, 11) is 0. The highest BCUT2D eigenvalue weighted by Crippen LogP contribution is 2.26. The Bertz CT molecular complexity index is 845. The van der Waals surface area contributed by atoms with E-state index in [0.29, 0.717) is 19.9 Å². The average molecular weight is 382 g/mol. The van der Waals surface area contributed by atoms with Crippen molar-refractivity contribution in [3.8, 4) is 0 Å². The van der Waals surface area contributed by atoms with Gasteiger partial charge in [0.05, 0.1) is 9.40 Å². The summed E-state index contributed by atoms with van der Waals surface area (Å²) in [4.78, 5) is 27.5. The molecule has 0 radical (unpaired) electrons. The number of carbonyl (C=O) groups is 1. The molecule has 3 rings (SSSR count). The van der Waals surface area contributed by atoms with E-state index in [2.05, 4.69) is 20.9 Å². The number of rotatable bonds is 4. The summed E-state index contributed by atoms with van der Waals surface area (Å²) in [5, 5.41) is 10.9. The maximum absolute atomic E-state index is 12.0. The lowest BCUT2D eigenvalue weighted by Crippen LogP contribution is -2.03. The van der Waals surface area contributed by atoms with E-state index < -0.39 is 10.9 Å². The van der Waals surface area contributed by atoms with Gasteiger partial charge < -0.3 is 4.74 Å². The minimum absolute atomic E-state index is 0.0346. The van der Waals surface area contributed by atoms with Crippen LogP contribution in [-0.2, 0) is 11.3 Å². The molecule has 0 N–H and O–H groups in total. The van der Waals surface area contributed by atoms with E-state index in [0.717, 1.165) is 0 Å². The molecule has 0 amide bonds. The number of esters is 1. The molecule has 0 saturated heterocycles. The number of fused-ring (bicyclic) bond motifs is 1. The Kier molecular flexibility index (Phi) is 3.90. The van der Waals surface area contributed by atoms with Gasteiger partial charge in [0.1, 0.15) is 11.5 Å². The molecule has 7 nitrogen and oxygen atoms in total. The Labute approximate surface area is 136 Å². The molecule has 2 heterocycles. The molecule has 0 spiro atoms. The molecule has 112 valence electrons. The number of nitro groups is 1. The van der Waals surface area contributed by atoms with Crippen LogP contribution >= 0.6 is 27.3 Å². The topological polar surface area (TPSA) is 86.7 Å². The maximum Gasteiger partial charge on any atom is 0.350 e. The van der Waals surface area contributed by atoms with Crippen LogP contribution in [0.5, 0.6) is 0 Å². The smallest absolute Gasteiger partial charge is 0.350 e. The molecule has 0 aliphatic rings. The number of nitro benzene ring substituents is 1. The van der Waals surface area contributed by atoms with Gasteiger partial charge in [-0.05, 0) is 27.6 Å². The highest BCUT2D eigenvalue weighted by Gasteiger charge is 2.15. The SMILES string of the molecule is O=C(OCc1ccc(Br)c([N+](=O)[O-])c1)c1cn2ccnc2s1. The summed E-state index contributed by atoms with van der Waals surface area (Å²) in [6.45, 7) is -0.0346. The minimum atomic E-state index is -0.496. The fourth-order valence-corrected chi connectivity index (χ4v) is 3.06. The zero-order valence-electron chi connectivity index (χ0n) is 10.9. The van der Waals surface area contributed by atoms with Crippen molar-refractivity contribution >= 4 is 43.9 Å². The van der Waals surface area contributed by atoms with Gasteiger partial charge >= 0.3 is 5.97 Å². The normalized spacial score (nSPS) is 10.8. The van der Waals surface area contributed by atoms with Crippen molar-refractivity contribution in [1.29, 1.82) is 0 Å². The van der Waals surface area contributed by atoms with Crippen molar-refractivity contribution in [2.24, 2.45) is 0 Å². The lowest BCUT2D eigenvalue weighted by molar-refractivity contribution is -0.385. The van der Waals surface area contributed by atoms with Crippen LogP contribution in [0.3, 0.4) is 0 Å². The van der Waals surface area contributed by atoms with Gasteiger partial charge in [0, 0.05) is 24.7 Å². The molecule has 22 heavy (non-hydrogen) atoms. The lowest BCUT2D eigenvalue weighted by atomic mass is 10.2. The van der Waals surface area contributed by atoms with E-state index in [1.54, 1.807) is 35.1 Å². The van der Waals surface area contributed by atoms with Crippen molar-refractivity contribution in [1.82, 2.24) is 9.38 Å². The zero-order chi connectivity index (χ0) is 15.7. The van der Waals surface area contributed by atoms with Crippen LogP contribution < -0.4 is 0 Å². The second-order valence-electron chi connectivity index (χ2n) is 4.33. The Balaban J connectivity index is 1.72. The van der Waals surface area contributed by atoms with Gasteiger partial charge in [0.25, 0.3) is 5.69 Å². The van der Waals surface area contributed by atoms with Crippen LogP contribution in [0.1, 0.15) is 15.2 Å². The van der Waals surface area contributed by atoms with Gasteiger partial charge in [-0.3, -0.25) is 14.5 Å². The van der Waals surface area contributed by atoms with Crippen LogP contribution in [0, 0.1) is 10.1 Å². The van der Waals surface area contributed by atoms with Crippen LogP contribution in [0.15, 0.2) is 41.3 Å². The summed E-state index contributed by atoms with van der Waals surface area (Å²) in [6, 6.07) is 4.59. The number of carbonyl (C=O) groups excluding carboxylic acids is 1. The van der Waals surface area contributed by atoms with E-state index in [1.807, 2.05) is 0 Å². The number of hydrogen-bond donors (Lipinski definition) is 0. The number of aromatic nitrogens is 2. The molecule has 2 aromatic heterocycles. The van der Waals surface area contributed by atoms with Crippen molar-refractivity contribution in [2.45, 2.75) is 6.61 Å². The van der Waals surface area contributed by atoms with E-state index in [9.17, 15) is 14.9 Å². The largest absolute Gasteiger partial charge is 0.457 e. The van der Waals surface area contributed by atoms with E-state index in [-0.39, 0.29) is 12.3 Å². The van der Waals surface area contributed by atoms with Crippen molar-refractivity contribution in [3.05, 3.63) is 61.8 Å².